The van der Waals surface area contributed by atoms with Gasteiger partial charge in [-0.05, 0) is 50.5 Å². The monoisotopic (exact) mass is 395 g/mol. The molecule has 124 valence electrons. The molecule has 0 bridgehead atoms. The number of carbonyl (C=O) groups excluding carboxylic acids is 1. The third kappa shape index (κ3) is 4.17. The van der Waals surface area contributed by atoms with Crippen LogP contribution in [0.25, 0.3) is 10.8 Å². The first kappa shape index (κ1) is 17.0. The minimum absolute atomic E-state index is 0.146. The molecule has 0 aliphatic rings. The van der Waals surface area contributed by atoms with Crippen molar-refractivity contribution in [1.29, 1.82) is 5.26 Å². The third-order valence-corrected chi connectivity index (χ3v) is 4.47. The highest BCUT2D eigenvalue weighted by atomic mass is 79.9. The van der Waals surface area contributed by atoms with Gasteiger partial charge in [-0.2, -0.15) is 5.26 Å². The number of esters is 1. The maximum absolute atomic E-state index is 11.9. The first-order chi connectivity index (χ1) is 12.2. The molecule has 0 radical (unpaired) electrons. The van der Waals surface area contributed by atoms with Crippen molar-refractivity contribution in [3.05, 3.63) is 76.3 Å². The first-order valence-corrected chi connectivity index (χ1v) is 8.41. The second kappa shape index (κ2) is 7.82. The summed E-state index contributed by atoms with van der Waals surface area (Å²) in [7, 11) is 0. The number of hydrogen-bond donors (Lipinski definition) is 0. The Bertz CT molecular complexity index is 945. The molecule has 0 amide bonds. The Labute approximate surface area is 153 Å². The van der Waals surface area contributed by atoms with Crippen molar-refractivity contribution in [3.8, 4) is 11.8 Å². The molecule has 0 heterocycles. The molecule has 4 nitrogen and oxygen atoms in total. The van der Waals surface area contributed by atoms with Crippen LogP contribution < -0.4 is 4.74 Å². The standard InChI is InChI=1S/C20H14BrNO3/c21-20-17-4-2-1-3-16(17)9-10-18(20)24-13-19(23)25-12-15-7-5-14(11-22)6-8-15/h1-10H,12-13H2. The van der Waals surface area contributed by atoms with Gasteiger partial charge in [0.1, 0.15) is 12.4 Å². The van der Waals surface area contributed by atoms with E-state index in [1.807, 2.05) is 42.5 Å². The summed E-state index contributed by atoms with van der Waals surface area (Å²) in [5.41, 5.74) is 1.39. The quantitative estimate of drug-likeness (QED) is 0.592. The van der Waals surface area contributed by atoms with Crippen molar-refractivity contribution in [3.63, 3.8) is 0 Å². The number of rotatable bonds is 5. The summed E-state index contributed by atoms with van der Waals surface area (Å²) in [6.07, 6.45) is 0. The second-order valence-corrected chi connectivity index (χ2v) is 6.15. The van der Waals surface area contributed by atoms with Crippen LogP contribution in [0.2, 0.25) is 0 Å². The number of carbonyl (C=O) groups is 1. The Balaban J connectivity index is 1.57. The minimum Gasteiger partial charge on any atom is -0.481 e. The van der Waals surface area contributed by atoms with E-state index in [2.05, 4.69) is 15.9 Å². The van der Waals surface area contributed by atoms with Gasteiger partial charge in [0.15, 0.2) is 6.61 Å². The highest BCUT2D eigenvalue weighted by Gasteiger charge is 2.09. The zero-order chi connectivity index (χ0) is 17.6. The normalized spacial score (nSPS) is 10.2. The average molecular weight is 396 g/mol. The molecule has 0 aromatic heterocycles. The molecule has 0 saturated carbocycles. The Morgan fingerprint density at radius 2 is 1.80 bits per heavy atom. The maximum Gasteiger partial charge on any atom is 0.344 e. The number of hydrogen-bond acceptors (Lipinski definition) is 4. The number of nitriles is 1. The summed E-state index contributed by atoms with van der Waals surface area (Å²) in [6.45, 7) is -0.0278. The van der Waals surface area contributed by atoms with Crippen molar-refractivity contribution in [2.45, 2.75) is 6.61 Å². The van der Waals surface area contributed by atoms with Crippen molar-refractivity contribution in [1.82, 2.24) is 0 Å². The number of ether oxygens (including phenoxy) is 2. The van der Waals surface area contributed by atoms with E-state index in [1.54, 1.807) is 24.3 Å². The Morgan fingerprint density at radius 3 is 2.56 bits per heavy atom. The first-order valence-electron chi connectivity index (χ1n) is 7.62. The van der Waals surface area contributed by atoms with Crippen LogP contribution in [0, 0.1) is 11.3 Å². The SMILES string of the molecule is N#Cc1ccc(COC(=O)COc2ccc3ccccc3c2Br)cc1. The summed E-state index contributed by atoms with van der Waals surface area (Å²) in [6, 6.07) is 20.6. The van der Waals surface area contributed by atoms with Gasteiger partial charge in [0.05, 0.1) is 16.1 Å². The van der Waals surface area contributed by atoms with Crippen molar-refractivity contribution in [2.75, 3.05) is 6.61 Å². The lowest BCUT2D eigenvalue weighted by Gasteiger charge is -2.10. The van der Waals surface area contributed by atoms with Gasteiger partial charge in [0, 0.05) is 0 Å². The van der Waals surface area contributed by atoms with Gasteiger partial charge in [0.2, 0.25) is 0 Å². The Hall–Kier alpha value is -2.84. The lowest BCUT2D eigenvalue weighted by molar-refractivity contribution is -0.147. The molecule has 5 heteroatoms. The molecule has 0 N–H and O–H groups in total. The number of nitrogens with zero attached hydrogens (tertiary/aromatic N) is 1. The van der Waals surface area contributed by atoms with Gasteiger partial charge >= 0.3 is 5.97 Å². The van der Waals surface area contributed by atoms with Crippen molar-refractivity contribution < 1.29 is 14.3 Å². The fourth-order valence-corrected chi connectivity index (χ4v) is 2.95. The van der Waals surface area contributed by atoms with Crippen LogP contribution in [0.5, 0.6) is 5.75 Å². The lowest BCUT2D eigenvalue weighted by Crippen LogP contribution is -2.15. The van der Waals surface area contributed by atoms with Crippen molar-refractivity contribution >= 4 is 32.7 Å². The van der Waals surface area contributed by atoms with E-state index in [0.717, 1.165) is 20.8 Å². The predicted molar refractivity (Wildman–Crippen MR) is 98.1 cm³/mol. The van der Waals surface area contributed by atoms with E-state index in [9.17, 15) is 4.79 Å². The molecule has 0 spiro atoms. The van der Waals surface area contributed by atoms with E-state index in [-0.39, 0.29) is 13.2 Å². The third-order valence-electron chi connectivity index (χ3n) is 3.66. The van der Waals surface area contributed by atoms with Crippen LogP contribution in [0.1, 0.15) is 11.1 Å². The van der Waals surface area contributed by atoms with Gasteiger partial charge in [-0.25, -0.2) is 4.79 Å². The number of halogens is 1. The van der Waals surface area contributed by atoms with Crippen LogP contribution in [-0.4, -0.2) is 12.6 Å². The highest BCUT2D eigenvalue weighted by Crippen LogP contribution is 2.32. The van der Waals surface area contributed by atoms with Crippen LogP contribution in [0.3, 0.4) is 0 Å². The molecule has 0 atom stereocenters. The molecule has 0 fully saturated rings. The number of benzene rings is 3. The van der Waals surface area contributed by atoms with Crippen LogP contribution >= 0.6 is 15.9 Å². The Kier molecular flexibility index (Phi) is 5.32. The summed E-state index contributed by atoms with van der Waals surface area (Å²) < 4.78 is 11.6. The van der Waals surface area contributed by atoms with E-state index < -0.39 is 5.97 Å². The molecule has 0 saturated heterocycles. The molecule has 3 aromatic carbocycles. The molecular weight excluding hydrogens is 382 g/mol. The van der Waals surface area contributed by atoms with Gasteiger partial charge < -0.3 is 9.47 Å². The zero-order valence-corrected chi connectivity index (χ0v) is 14.8. The molecule has 0 aliphatic heterocycles. The summed E-state index contributed by atoms with van der Waals surface area (Å²) in [5, 5.41) is 10.9. The Morgan fingerprint density at radius 1 is 1.04 bits per heavy atom. The fourth-order valence-electron chi connectivity index (χ4n) is 2.34. The van der Waals surface area contributed by atoms with Crippen molar-refractivity contribution in [2.24, 2.45) is 0 Å². The highest BCUT2D eigenvalue weighted by molar-refractivity contribution is 9.10. The van der Waals surface area contributed by atoms with E-state index in [0.29, 0.717) is 11.3 Å². The van der Waals surface area contributed by atoms with Gasteiger partial charge in [0.25, 0.3) is 0 Å². The average Bonchev–Trinajstić information content (AvgIpc) is 2.66. The van der Waals surface area contributed by atoms with E-state index >= 15 is 0 Å². The molecular formula is C20H14BrNO3. The van der Waals surface area contributed by atoms with Crippen LogP contribution in [-0.2, 0) is 16.1 Å². The topological polar surface area (TPSA) is 59.3 Å². The van der Waals surface area contributed by atoms with Crippen LogP contribution in [0.15, 0.2) is 65.1 Å². The molecule has 0 unspecified atom stereocenters. The van der Waals surface area contributed by atoms with E-state index in [1.165, 1.54) is 0 Å². The number of fused-ring (bicyclic) bond motifs is 1. The molecule has 3 rings (SSSR count). The van der Waals surface area contributed by atoms with Gasteiger partial charge in [-0.15, -0.1) is 0 Å². The lowest BCUT2D eigenvalue weighted by atomic mass is 10.1. The van der Waals surface area contributed by atoms with E-state index in [4.69, 9.17) is 14.7 Å². The summed E-state index contributed by atoms with van der Waals surface area (Å²) >= 11 is 3.52. The fraction of sp³-hybridized carbons (Fsp3) is 0.100. The summed E-state index contributed by atoms with van der Waals surface area (Å²) in [5.74, 6) is 0.137. The molecule has 0 aliphatic carbocycles. The summed E-state index contributed by atoms with van der Waals surface area (Å²) in [4.78, 5) is 11.9. The van der Waals surface area contributed by atoms with Gasteiger partial charge in [-0.3, -0.25) is 0 Å². The minimum atomic E-state index is -0.454. The maximum atomic E-state index is 11.9. The second-order valence-electron chi connectivity index (χ2n) is 5.36. The van der Waals surface area contributed by atoms with Gasteiger partial charge in [-0.1, -0.05) is 42.5 Å². The molecule has 3 aromatic rings. The largest absolute Gasteiger partial charge is 0.481 e. The predicted octanol–water partition coefficient (Wildman–Crippen LogP) is 4.60. The smallest absolute Gasteiger partial charge is 0.344 e. The molecule has 25 heavy (non-hydrogen) atoms. The van der Waals surface area contributed by atoms with Crippen LogP contribution in [0.4, 0.5) is 0 Å². The zero-order valence-electron chi connectivity index (χ0n) is 13.2.